The third kappa shape index (κ3) is 5.24. The number of hydrogen-bond acceptors (Lipinski definition) is 7. The summed E-state index contributed by atoms with van der Waals surface area (Å²) in [4.78, 5) is 16.9. The van der Waals surface area contributed by atoms with E-state index in [-0.39, 0.29) is 18.9 Å². The Bertz CT molecular complexity index is 1040. The smallest absolute Gasteiger partial charge is 0.230 e. The molecule has 1 heterocycles. The summed E-state index contributed by atoms with van der Waals surface area (Å²) in [6.07, 6.45) is 0.146. The van der Waals surface area contributed by atoms with E-state index in [0.717, 1.165) is 10.6 Å². The van der Waals surface area contributed by atoms with Crippen molar-refractivity contribution < 1.29 is 19.0 Å². The fraction of sp³-hybridized carbons (Fsp3) is 0.190. The molecule has 1 amide bonds. The number of ether oxygens (including phenoxy) is 3. The highest BCUT2D eigenvalue weighted by atomic mass is 32.1. The number of benzene rings is 2. The first-order valence-corrected chi connectivity index (χ1v) is 9.57. The van der Waals surface area contributed by atoms with Crippen molar-refractivity contribution in [1.29, 1.82) is 5.26 Å². The number of nitrogens with one attached hydrogen (secondary N) is 1. The molecular formula is C21H19N3O4S. The van der Waals surface area contributed by atoms with Crippen molar-refractivity contribution in [2.24, 2.45) is 0 Å². The molecule has 3 aromatic rings. The summed E-state index contributed by atoms with van der Waals surface area (Å²) in [6, 6.07) is 14.4. The Morgan fingerprint density at radius 3 is 2.76 bits per heavy atom. The zero-order valence-corrected chi connectivity index (χ0v) is 16.8. The van der Waals surface area contributed by atoms with Gasteiger partial charge < -0.3 is 19.5 Å². The Hall–Kier alpha value is -3.57. The van der Waals surface area contributed by atoms with Gasteiger partial charge in [0.2, 0.25) is 5.91 Å². The third-order valence-corrected chi connectivity index (χ3v) is 4.89. The standard InChI is InChI=1S/C21H19N3O4S/c1-26-18-7-6-14(10-19(18)27-2)21-24-16(13-29-21)12-20(25)23-15-4-3-5-17(11-15)28-9-8-22/h3-7,10-11,13H,9,12H2,1-2H3,(H,23,25). The highest BCUT2D eigenvalue weighted by Crippen LogP contribution is 2.33. The van der Waals surface area contributed by atoms with Crippen LogP contribution in [0.3, 0.4) is 0 Å². The van der Waals surface area contributed by atoms with E-state index < -0.39 is 0 Å². The van der Waals surface area contributed by atoms with Gasteiger partial charge in [-0.2, -0.15) is 5.26 Å². The topological polar surface area (TPSA) is 93.5 Å². The third-order valence-electron chi connectivity index (χ3n) is 3.95. The van der Waals surface area contributed by atoms with Crippen LogP contribution in [0, 0.1) is 11.3 Å². The fourth-order valence-corrected chi connectivity index (χ4v) is 3.46. The molecule has 0 atom stereocenters. The van der Waals surface area contributed by atoms with Gasteiger partial charge in [0, 0.05) is 22.7 Å². The fourth-order valence-electron chi connectivity index (χ4n) is 2.64. The van der Waals surface area contributed by atoms with Crippen molar-refractivity contribution in [2.75, 3.05) is 26.1 Å². The van der Waals surface area contributed by atoms with Crippen molar-refractivity contribution in [1.82, 2.24) is 4.98 Å². The van der Waals surface area contributed by atoms with E-state index in [0.29, 0.717) is 28.6 Å². The Morgan fingerprint density at radius 2 is 2.00 bits per heavy atom. The number of methoxy groups -OCH3 is 2. The van der Waals surface area contributed by atoms with Crippen molar-refractivity contribution in [2.45, 2.75) is 6.42 Å². The van der Waals surface area contributed by atoms with E-state index in [1.807, 2.05) is 29.6 Å². The minimum absolute atomic E-state index is 0.0465. The molecule has 0 fully saturated rings. The lowest BCUT2D eigenvalue weighted by molar-refractivity contribution is -0.115. The van der Waals surface area contributed by atoms with E-state index in [2.05, 4.69) is 10.3 Å². The van der Waals surface area contributed by atoms with Crippen LogP contribution in [-0.2, 0) is 11.2 Å². The molecule has 0 radical (unpaired) electrons. The number of carbonyl (C=O) groups excluding carboxylic acids is 1. The first-order chi connectivity index (χ1) is 14.1. The summed E-state index contributed by atoms with van der Waals surface area (Å²) in [7, 11) is 3.17. The summed E-state index contributed by atoms with van der Waals surface area (Å²) in [5.74, 6) is 1.60. The molecule has 29 heavy (non-hydrogen) atoms. The second kappa shape index (κ2) is 9.57. The lowest BCUT2D eigenvalue weighted by Gasteiger charge is -2.08. The number of hydrogen-bond donors (Lipinski definition) is 1. The molecule has 0 spiro atoms. The molecule has 148 valence electrons. The maximum absolute atomic E-state index is 12.4. The van der Waals surface area contributed by atoms with Gasteiger partial charge in [-0.3, -0.25) is 4.79 Å². The predicted molar refractivity (Wildman–Crippen MR) is 111 cm³/mol. The largest absolute Gasteiger partial charge is 0.493 e. The van der Waals surface area contributed by atoms with E-state index in [4.69, 9.17) is 19.5 Å². The van der Waals surface area contributed by atoms with Crippen LogP contribution in [0.25, 0.3) is 10.6 Å². The van der Waals surface area contributed by atoms with Crippen molar-refractivity contribution in [3.8, 4) is 33.9 Å². The summed E-state index contributed by atoms with van der Waals surface area (Å²) < 4.78 is 15.8. The van der Waals surface area contributed by atoms with Crippen molar-refractivity contribution >= 4 is 22.9 Å². The zero-order valence-electron chi connectivity index (χ0n) is 16.0. The zero-order chi connectivity index (χ0) is 20.6. The maximum Gasteiger partial charge on any atom is 0.230 e. The van der Waals surface area contributed by atoms with Gasteiger partial charge in [-0.15, -0.1) is 11.3 Å². The Morgan fingerprint density at radius 1 is 1.17 bits per heavy atom. The van der Waals surface area contributed by atoms with Crippen LogP contribution in [-0.4, -0.2) is 31.7 Å². The molecule has 1 N–H and O–H groups in total. The van der Waals surface area contributed by atoms with E-state index in [9.17, 15) is 4.79 Å². The molecule has 0 saturated heterocycles. The monoisotopic (exact) mass is 409 g/mol. The quantitative estimate of drug-likeness (QED) is 0.606. The van der Waals surface area contributed by atoms with Crippen molar-refractivity contribution in [3.05, 3.63) is 53.5 Å². The number of aromatic nitrogens is 1. The highest BCUT2D eigenvalue weighted by molar-refractivity contribution is 7.13. The van der Waals surface area contributed by atoms with E-state index in [1.165, 1.54) is 11.3 Å². The van der Waals surface area contributed by atoms with Crippen LogP contribution in [0.1, 0.15) is 5.69 Å². The minimum Gasteiger partial charge on any atom is -0.493 e. The lowest BCUT2D eigenvalue weighted by atomic mass is 10.2. The van der Waals surface area contributed by atoms with Crippen LogP contribution in [0.15, 0.2) is 47.8 Å². The molecule has 0 unspecified atom stereocenters. The van der Waals surface area contributed by atoms with Gasteiger partial charge in [-0.25, -0.2) is 4.98 Å². The average Bonchev–Trinajstić information content (AvgIpc) is 3.20. The number of nitrogens with zero attached hydrogens (tertiary/aromatic N) is 2. The van der Waals surface area contributed by atoms with Crippen LogP contribution >= 0.6 is 11.3 Å². The molecule has 8 heteroatoms. The van der Waals surface area contributed by atoms with Crippen molar-refractivity contribution in [3.63, 3.8) is 0 Å². The Labute approximate surface area is 172 Å². The molecule has 0 saturated carbocycles. The summed E-state index contributed by atoms with van der Waals surface area (Å²) >= 11 is 1.46. The normalized spacial score (nSPS) is 10.1. The number of nitriles is 1. The highest BCUT2D eigenvalue weighted by Gasteiger charge is 2.12. The molecule has 0 aliphatic rings. The van der Waals surface area contributed by atoms with Gasteiger partial charge in [0.15, 0.2) is 18.1 Å². The molecule has 0 aliphatic carbocycles. The van der Waals surface area contributed by atoms with Gasteiger partial charge >= 0.3 is 0 Å². The Balaban J connectivity index is 1.66. The van der Waals surface area contributed by atoms with Gasteiger partial charge in [0.05, 0.1) is 26.3 Å². The number of anilines is 1. The predicted octanol–water partition coefficient (Wildman–Crippen LogP) is 3.91. The maximum atomic E-state index is 12.4. The number of thiazole rings is 1. The summed E-state index contributed by atoms with van der Waals surface area (Å²) in [6.45, 7) is -0.0465. The minimum atomic E-state index is -0.188. The van der Waals surface area contributed by atoms with Crippen LogP contribution in [0.5, 0.6) is 17.2 Å². The number of rotatable bonds is 8. The molecule has 2 aromatic carbocycles. The van der Waals surface area contributed by atoms with Crippen LogP contribution in [0.4, 0.5) is 5.69 Å². The summed E-state index contributed by atoms with van der Waals surface area (Å²) in [5, 5.41) is 14.0. The molecule has 0 aliphatic heterocycles. The van der Waals surface area contributed by atoms with Crippen LogP contribution < -0.4 is 19.5 Å². The molecular weight excluding hydrogens is 390 g/mol. The van der Waals surface area contributed by atoms with Gasteiger partial charge in [-0.05, 0) is 30.3 Å². The van der Waals surface area contributed by atoms with E-state index in [1.54, 1.807) is 38.5 Å². The molecule has 3 rings (SSSR count). The Kier molecular flexibility index (Phi) is 6.66. The molecule has 0 bridgehead atoms. The number of amides is 1. The number of carbonyl (C=O) groups is 1. The lowest BCUT2D eigenvalue weighted by Crippen LogP contribution is -2.14. The van der Waals surface area contributed by atoms with Crippen LogP contribution in [0.2, 0.25) is 0 Å². The molecule has 1 aromatic heterocycles. The SMILES string of the molecule is COc1ccc(-c2nc(CC(=O)Nc3cccc(OCC#N)c3)cs2)cc1OC. The first-order valence-electron chi connectivity index (χ1n) is 8.69. The first kappa shape index (κ1) is 20.2. The van der Waals surface area contributed by atoms with E-state index >= 15 is 0 Å². The molecule has 7 nitrogen and oxygen atoms in total. The van der Waals surface area contributed by atoms with Gasteiger partial charge in [0.1, 0.15) is 16.8 Å². The average molecular weight is 409 g/mol. The summed E-state index contributed by atoms with van der Waals surface area (Å²) in [5.41, 5.74) is 2.16. The van der Waals surface area contributed by atoms with Gasteiger partial charge in [-0.1, -0.05) is 6.07 Å². The van der Waals surface area contributed by atoms with Gasteiger partial charge in [0.25, 0.3) is 0 Å². The second-order valence-electron chi connectivity index (χ2n) is 5.91. The second-order valence-corrected chi connectivity index (χ2v) is 6.77.